The number of alkyl halides is 3. The summed E-state index contributed by atoms with van der Waals surface area (Å²) in [4.78, 5) is 10.9. The summed E-state index contributed by atoms with van der Waals surface area (Å²) in [5, 5.41) is 9.47. The Morgan fingerprint density at radius 1 is 1.12 bits per heavy atom. The van der Waals surface area contributed by atoms with Crippen LogP contribution in [-0.4, -0.2) is 11.1 Å². The van der Waals surface area contributed by atoms with Crippen LogP contribution in [0.3, 0.4) is 0 Å². The summed E-state index contributed by atoms with van der Waals surface area (Å²) in [6, 6.07) is 7.69. The molecule has 0 atom stereocenters. The van der Waals surface area contributed by atoms with Gasteiger partial charge in [-0.15, -0.1) is 0 Å². The second-order valence-electron chi connectivity index (χ2n) is 3.55. The predicted octanol–water partition coefficient (Wildman–Crippen LogP) is 3.56. The number of carboxylic acid groups (broad SMARTS) is 1. The van der Waals surface area contributed by atoms with Gasteiger partial charge < -0.3 is 5.11 Å². The Hall–Kier alpha value is -2.04. The van der Waals surface area contributed by atoms with Gasteiger partial charge in [0.1, 0.15) is 0 Å². The van der Waals surface area contributed by atoms with E-state index in [0.717, 1.165) is 6.07 Å². The molecular formula is C12H7F3O2. The lowest BCUT2D eigenvalue weighted by Gasteiger charge is -2.10. The van der Waals surface area contributed by atoms with Crippen molar-refractivity contribution in [3.05, 3.63) is 47.5 Å². The van der Waals surface area contributed by atoms with Crippen LogP contribution in [0.25, 0.3) is 10.8 Å². The van der Waals surface area contributed by atoms with E-state index in [4.69, 9.17) is 5.11 Å². The highest BCUT2D eigenvalue weighted by atomic mass is 19.4. The molecule has 0 aromatic heterocycles. The van der Waals surface area contributed by atoms with E-state index in [1.165, 1.54) is 12.1 Å². The first-order valence-electron chi connectivity index (χ1n) is 4.73. The molecule has 2 aromatic carbocycles. The third kappa shape index (κ3) is 2.08. The largest absolute Gasteiger partial charge is 0.478 e. The van der Waals surface area contributed by atoms with Crippen molar-refractivity contribution < 1.29 is 23.1 Å². The van der Waals surface area contributed by atoms with Gasteiger partial charge >= 0.3 is 12.1 Å². The van der Waals surface area contributed by atoms with Crippen molar-refractivity contribution in [2.24, 2.45) is 0 Å². The van der Waals surface area contributed by atoms with Crippen LogP contribution in [0.4, 0.5) is 13.2 Å². The Kier molecular flexibility index (Phi) is 2.53. The summed E-state index contributed by atoms with van der Waals surface area (Å²) in [6.45, 7) is 0. The Bertz CT molecular complexity index is 588. The Balaban J connectivity index is 2.81. The molecule has 0 heterocycles. The maximum atomic E-state index is 12.6. The average Bonchev–Trinajstić information content (AvgIpc) is 2.26. The van der Waals surface area contributed by atoms with Gasteiger partial charge in [-0.2, -0.15) is 13.2 Å². The molecule has 2 aromatic rings. The van der Waals surface area contributed by atoms with Gasteiger partial charge in [-0.05, 0) is 22.9 Å². The van der Waals surface area contributed by atoms with Crippen LogP contribution in [-0.2, 0) is 6.18 Å². The van der Waals surface area contributed by atoms with Crippen LogP contribution in [0.5, 0.6) is 0 Å². The molecule has 0 aliphatic rings. The van der Waals surface area contributed by atoms with E-state index in [1.54, 1.807) is 12.1 Å². The molecule has 5 heteroatoms. The molecule has 0 radical (unpaired) electrons. The third-order valence-corrected chi connectivity index (χ3v) is 2.42. The van der Waals surface area contributed by atoms with E-state index >= 15 is 0 Å². The van der Waals surface area contributed by atoms with Crippen LogP contribution in [0.15, 0.2) is 36.4 Å². The summed E-state index contributed by atoms with van der Waals surface area (Å²) in [5.74, 6) is -1.37. The number of carbonyl (C=O) groups is 1. The monoisotopic (exact) mass is 240 g/mol. The average molecular weight is 240 g/mol. The number of rotatable bonds is 1. The molecule has 1 N–H and O–H groups in total. The first-order chi connectivity index (χ1) is 7.89. The minimum Gasteiger partial charge on any atom is -0.478 e. The zero-order valence-electron chi connectivity index (χ0n) is 8.45. The van der Waals surface area contributed by atoms with Gasteiger partial charge in [0, 0.05) is 0 Å². The predicted molar refractivity (Wildman–Crippen MR) is 55.9 cm³/mol. The number of aromatic carboxylic acids is 1. The first kappa shape index (κ1) is 11.4. The van der Waals surface area contributed by atoms with Crippen LogP contribution in [0, 0.1) is 0 Å². The van der Waals surface area contributed by atoms with Gasteiger partial charge in [-0.25, -0.2) is 4.79 Å². The number of hydrogen-bond donors (Lipinski definition) is 1. The first-order valence-corrected chi connectivity index (χ1v) is 4.73. The topological polar surface area (TPSA) is 37.3 Å². The number of halogens is 3. The maximum absolute atomic E-state index is 12.6. The van der Waals surface area contributed by atoms with Crippen molar-refractivity contribution in [1.82, 2.24) is 0 Å². The molecule has 0 aliphatic heterocycles. The van der Waals surface area contributed by atoms with Gasteiger partial charge in [0.05, 0.1) is 11.1 Å². The molecule has 0 saturated heterocycles. The lowest BCUT2D eigenvalue weighted by molar-refractivity contribution is -0.137. The van der Waals surface area contributed by atoms with Crippen molar-refractivity contribution in [2.75, 3.05) is 0 Å². The van der Waals surface area contributed by atoms with Gasteiger partial charge in [-0.1, -0.05) is 24.3 Å². The van der Waals surface area contributed by atoms with Gasteiger partial charge in [0.25, 0.3) is 0 Å². The van der Waals surface area contributed by atoms with Crippen LogP contribution >= 0.6 is 0 Å². The maximum Gasteiger partial charge on any atom is 0.416 e. The summed E-state index contributed by atoms with van der Waals surface area (Å²) >= 11 is 0. The van der Waals surface area contributed by atoms with Crippen molar-refractivity contribution in [3.8, 4) is 0 Å². The van der Waals surface area contributed by atoms with E-state index < -0.39 is 17.7 Å². The van der Waals surface area contributed by atoms with Crippen molar-refractivity contribution in [1.29, 1.82) is 0 Å². The second kappa shape index (κ2) is 3.76. The Labute approximate surface area is 94.3 Å². The number of fused-ring (bicyclic) bond motifs is 1. The summed E-state index contributed by atoms with van der Waals surface area (Å²) < 4.78 is 37.7. The number of benzene rings is 2. The summed E-state index contributed by atoms with van der Waals surface area (Å²) in [5.41, 5.74) is -1.29. The fourth-order valence-electron chi connectivity index (χ4n) is 1.65. The zero-order chi connectivity index (χ0) is 12.6. The highest BCUT2D eigenvalue weighted by molar-refractivity contribution is 6.04. The highest BCUT2D eigenvalue weighted by Crippen LogP contribution is 2.33. The van der Waals surface area contributed by atoms with Crippen molar-refractivity contribution >= 4 is 16.7 Å². The molecule has 2 rings (SSSR count). The van der Waals surface area contributed by atoms with Crippen LogP contribution in [0.2, 0.25) is 0 Å². The van der Waals surface area contributed by atoms with Gasteiger partial charge in [-0.3, -0.25) is 0 Å². The number of hydrogen-bond acceptors (Lipinski definition) is 1. The molecule has 2 nitrogen and oxygen atoms in total. The molecule has 0 unspecified atom stereocenters. The zero-order valence-corrected chi connectivity index (χ0v) is 8.45. The Morgan fingerprint density at radius 2 is 1.76 bits per heavy atom. The molecule has 0 spiro atoms. The van der Waals surface area contributed by atoms with Crippen molar-refractivity contribution in [3.63, 3.8) is 0 Å². The summed E-state index contributed by atoms with van der Waals surface area (Å²) in [6.07, 6.45) is -4.55. The standard InChI is InChI=1S/C12H7F3O2/c13-12(14,15)8-5-7-3-1-2-4-9(7)10(6-8)11(16)17/h1-6H,(H,16,17). The van der Waals surface area contributed by atoms with E-state index in [-0.39, 0.29) is 10.9 Å². The molecule has 88 valence electrons. The Morgan fingerprint density at radius 3 is 2.35 bits per heavy atom. The minimum atomic E-state index is -4.55. The molecule has 0 fully saturated rings. The quantitative estimate of drug-likeness (QED) is 0.827. The lowest BCUT2D eigenvalue weighted by Crippen LogP contribution is -2.08. The molecule has 17 heavy (non-hydrogen) atoms. The van der Waals surface area contributed by atoms with Crippen LogP contribution in [0.1, 0.15) is 15.9 Å². The molecule has 0 aliphatic carbocycles. The third-order valence-electron chi connectivity index (χ3n) is 2.42. The van der Waals surface area contributed by atoms with Gasteiger partial charge in [0.15, 0.2) is 0 Å². The molecule has 0 saturated carbocycles. The fourth-order valence-corrected chi connectivity index (χ4v) is 1.65. The number of carboxylic acids is 1. The smallest absolute Gasteiger partial charge is 0.416 e. The SMILES string of the molecule is O=C(O)c1cc(C(F)(F)F)cc2ccccc12. The highest BCUT2D eigenvalue weighted by Gasteiger charge is 2.31. The van der Waals surface area contributed by atoms with Gasteiger partial charge in [0.2, 0.25) is 0 Å². The molecule has 0 amide bonds. The lowest BCUT2D eigenvalue weighted by atomic mass is 10.0. The van der Waals surface area contributed by atoms with E-state index in [2.05, 4.69) is 0 Å². The van der Waals surface area contributed by atoms with E-state index in [0.29, 0.717) is 11.5 Å². The summed E-state index contributed by atoms with van der Waals surface area (Å²) in [7, 11) is 0. The second-order valence-corrected chi connectivity index (χ2v) is 3.55. The normalized spacial score (nSPS) is 11.7. The van der Waals surface area contributed by atoms with Crippen molar-refractivity contribution in [2.45, 2.75) is 6.18 Å². The molecule has 0 bridgehead atoms. The van der Waals surface area contributed by atoms with E-state index in [9.17, 15) is 18.0 Å². The van der Waals surface area contributed by atoms with E-state index in [1.807, 2.05) is 0 Å². The fraction of sp³-hybridized carbons (Fsp3) is 0.0833. The minimum absolute atomic E-state index is 0.264. The van der Waals surface area contributed by atoms with Crippen LogP contribution < -0.4 is 0 Å². The molecular weight excluding hydrogens is 233 g/mol.